The Balaban J connectivity index is 1.96. The SMILES string of the molecule is COc1ccc(NC(=O)[C@@H](C)OC(=O)/C=C/c2cc(Cl)c(OC)c(OC)c2)cc1. The molecule has 7 nitrogen and oxygen atoms in total. The molecule has 1 N–H and O–H groups in total. The first-order valence-electron chi connectivity index (χ1n) is 8.63. The summed E-state index contributed by atoms with van der Waals surface area (Å²) in [6.45, 7) is 1.48. The van der Waals surface area contributed by atoms with Gasteiger partial charge in [-0.25, -0.2) is 4.79 Å². The van der Waals surface area contributed by atoms with E-state index in [4.69, 9.17) is 30.5 Å². The van der Waals surface area contributed by atoms with Gasteiger partial charge in [0.05, 0.1) is 26.4 Å². The van der Waals surface area contributed by atoms with E-state index in [1.165, 1.54) is 33.3 Å². The monoisotopic (exact) mass is 419 g/mol. The van der Waals surface area contributed by atoms with Crippen molar-refractivity contribution in [2.75, 3.05) is 26.6 Å². The molecule has 2 aromatic rings. The number of benzene rings is 2. The van der Waals surface area contributed by atoms with E-state index in [1.54, 1.807) is 43.5 Å². The number of ether oxygens (including phenoxy) is 4. The van der Waals surface area contributed by atoms with Crippen LogP contribution in [-0.2, 0) is 14.3 Å². The highest BCUT2D eigenvalue weighted by atomic mass is 35.5. The molecule has 8 heteroatoms. The molecule has 0 unspecified atom stereocenters. The number of halogens is 1. The molecule has 0 heterocycles. The van der Waals surface area contributed by atoms with E-state index >= 15 is 0 Å². The van der Waals surface area contributed by atoms with Crippen molar-refractivity contribution in [3.05, 3.63) is 53.1 Å². The van der Waals surface area contributed by atoms with Gasteiger partial charge < -0.3 is 24.3 Å². The highest BCUT2D eigenvalue weighted by Gasteiger charge is 2.17. The quantitative estimate of drug-likeness (QED) is 0.515. The maximum Gasteiger partial charge on any atom is 0.331 e. The largest absolute Gasteiger partial charge is 0.497 e. The second-order valence-corrected chi connectivity index (χ2v) is 6.28. The fourth-order valence-electron chi connectivity index (χ4n) is 2.38. The lowest BCUT2D eigenvalue weighted by atomic mass is 10.2. The van der Waals surface area contributed by atoms with Crippen molar-refractivity contribution >= 4 is 35.2 Å². The Morgan fingerprint density at radius 1 is 1.03 bits per heavy atom. The molecular formula is C21H22ClNO6. The number of hydrogen-bond donors (Lipinski definition) is 1. The molecule has 0 bridgehead atoms. The van der Waals surface area contributed by atoms with Crippen molar-refractivity contribution in [1.82, 2.24) is 0 Å². The molecule has 1 amide bonds. The summed E-state index contributed by atoms with van der Waals surface area (Å²) in [6.07, 6.45) is 1.72. The van der Waals surface area contributed by atoms with E-state index in [0.717, 1.165) is 0 Å². The summed E-state index contributed by atoms with van der Waals surface area (Å²) in [4.78, 5) is 24.2. The Morgan fingerprint density at radius 3 is 2.31 bits per heavy atom. The fraction of sp³-hybridized carbons (Fsp3) is 0.238. The Labute approximate surface area is 174 Å². The van der Waals surface area contributed by atoms with E-state index in [-0.39, 0.29) is 0 Å². The molecule has 0 radical (unpaired) electrons. The lowest BCUT2D eigenvalue weighted by Crippen LogP contribution is -2.29. The molecule has 0 aliphatic rings. The molecule has 0 saturated carbocycles. The second-order valence-electron chi connectivity index (χ2n) is 5.87. The third-order valence-corrected chi connectivity index (χ3v) is 4.17. The minimum atomic E-state index is -0.983. The predicted molar refractivity (Wildman–Crippen MR) is 111 cm³/mol. The predicted octanol–water partition coefficient (Wildman–Crippen LogP) is 3.95. The summed E-state index contributed by atoms with van der Waals surface area (Å²) in [5.74, 6) is 0.375. The molecule has 0 aliphatic heterocycles. The summed E-state index contributed by atoms with van der Waals surface area (Å²) < 4.78 is 20.6. The summed E-state index contributed by atoms with van der Waals surface area (Å²) >= 11 is 6.13. The number of methoxy groups -OCH3 is 3. The zero-order valence-corrected chi connectivity index (χ0v) is 17.3. The first kappa shape index (κ1) is 22.1. The van der Waals surface area contributed by atoms with E-state index < -0.39 is 18.0 Å². The molecule has 2 rings (SSSR count). The first-order chi connectivity index (χ1) is 13.9. The Hall–Kier alpha value is -3.19. The molecule has 0 fully saturated rings. The van der Waals surface area contributed by atoms with Gasteiger partial charge in [-0.15, -0.1) is 0 Å². The van der Waals surface area contributed by atoms with Crippen molar-refractivity contribution in [3.8, 4) is 17.2 Å². The number of carbonyl (C=O) groups is 2. The van der Waals surface area contributed by atoms with Gasteiger partial charge in [-0.05, 0) is 55.0 Å². The molecule has 0 spiro atoms. The maximum atomic E-state index is 12.2. The molecule has 29 heavy (non-hydrogen) atoms. The van der Waals surface area contributed by atoms with Crippen LogP contribution < -0.4 is 19.5 Å². The van der Waals surface area contributed by atoms with Crippen LogP contribution in [-0.4, -0.2) is 39.3 Å². The molecule has 1 atom stereocenters. The van der Waals surface area contributed by atoms with Crippen LogP contribution in [0.3, 0.4) is 0 Å². The average Bonchev–Trinajstić information content (AvgIpc) is 2.72. The summed E-state index contributed by atoms with van der Waals surface area (Å²) in [5.41, 5.74) is 1.18. The van der Waals surface area contributed by atoms with Gasteiger partial charge in [-0.3, -0.25) is 4.79 Å². The highest BCUT2D eigenvalue weighted by molar-refractivity contribution is 6.32. The number of carbonyl (C=O) groups excluding carboxylic acids is 2. The van der Waals surface area contributed by atoms with Crippen molar-refractivity contribution < 1.29 is 28.5 Å². The van der Waals surface area contributed by atoms with Gasteiger partial charge in [0.15, 0.2) is 17.6 Å². The lowest BCUT2D eigenvalue weighted by molar-refractivity contribution is -0.148. The van der Waals surface area contributed by atoms with Crippen molar-refractivity contribution in [3.63, 3.8) is 0 Å². The summed E-state index contributed by atoms with van der Waals surface area (Å²) in [6, 6.07) is 10.1. The summed E-state index contributed by atoms with van der Waals surface area (Å²) in [7, 11) is 4.52. The number of esters is 1. The summed E-state index contributed by atoms with van der Waals surface area (Å²) in [5, 5.41) is 3.00. The smallest absolute Gasteiger partial charge is 0.331 e. The van der Waals surface area contributed by atoms with Gasteiger partial charge in [-0.2, -0.15) is 0 Å². The van der Waals surface area contributed by atoms with Gasteiger partial charge in [0.25, 0.3) is 5.91 Å². The first-order valence-corrected chi connectivity index (χ1v) is 9.00. The van der Waals surface area contributed by atoms with E-state index in [0.29, 0.717) is 33.5 Å². The van der Waals surface area contributed by atoms with Crippen LogP contribution >= 0.6 is 11.6 Å². The highest BCUT2D eigenvalue weighted by Crippen LogP contribution is 2.36. The number of anilines is 1. The van der Waals surface area contributed by atoms with E-state index in [2.05, 4.69) is 5.32 Å². The number of hydrogen-bond acceptors (Lipinski definition) is 6. The van der Waals surface area contributed by atoms with Crippen LogP contribution in [0.5, 0.6) is 17.2 Å². The second kappa shape index (κ2) is 10.4. The van der Waals surface area contributed by atoms with Crippen LogP contribution in [0.2, 0.25) is 5.02 Å². The molecule has 0 aliphatic carbocycles. The van der Waals surface area contributed by atoms with Gasteiger partial charge in [-0.1, -0.05) is 11.6 Å². The molecule has 2 aromatic carbocycles. The van der Waals surface area contributed by atoms with Crippen LogP contribution in [0.15, 0.2) is 42.5 Å². The third-order valence-electron chi connectivity index (χ3n) is 3.89. The maximum absolute atomic E-state index is 12.2. The van der Waals surface area contributed by atoms with Crippen LogP contribution in [0.25, 0.3) is 6.08 Å². The van der Waals surface area contributed by atoms with Crippen molar-refractivity contribution in [1.29, 1.82) is 0 Å². The van der Waals surface area contributed by atoms with Crippen LogP contribution in [0.4, 0.5) is 5.69 Å². The van der Waals surface area contributed by atoms with Gasteiger partial charge >= 0.3 is 5.97 Å². The Morgan fingerprint density at radius 2 is 1.72 bits per heavy atom. The lowest BCUT2D eigenvalue weighted by Gasteiger charge is -2.13. The minimum absolute atomic E-state index is 0.340. The van der Waals surface area contributed by atoms with Crippen molar-refractivity contribution in [2.24, 2.45) is 0 Å². The molecule has 0 aromatic heterocycles. The average molecular weight is 420 g/mol. The fourth-order valence-corrected chi connectivity index (χ4v) is 2.68. The molecule has 154 valence electrons. The Bertz CT molecular complexity index is 895. The van der Waals surface area contributed by atoms with Gasteiger partial charge in [0.2, 0.25) is 0 Å². The van der Waals surface area contributed by atoms with Gasteiger partial charge in [0, 0.05) is 11.8 Å². The standard InChI is InChI=1S/C21H22ClNO6/c1-13(21(25)23-15-6-8-16(26-2)9-7-15)29-19(24)10-5-14-11-17(22)20(28-4)18(12-14)27-3/h5-13H,1-4H3,(H,23,25)/b10-5+/t13-/m1/s1. The topological polar surface area (TPSA) is 83.1 Å². The molecular weight excluding hydrogens is 398 g/mol. The third kappa shape index (κ3) is 6.15. The van der Waals surface area contributed by atoms with Crippen molar-refractivity contribution in [2.45, 2.75) is 13.0 Å². The number of nitrogens with one attached hydrogen (secondary N) is 1. The van der Waals surface area contributed by atoms with Crippen LogP contribution in [0.1, 0.15) is 12.5 Å². The zero-order valence-electron chi connectivity index (χ0n) is 16.5. The van der Waals surface area contributed by atoms with Gasteiger partial charge in [0.1, 0.15) is 5.75 Å². The normalized spacial score (nSPS) is 11.6. The molecule has 0 saturated heterocycles. The van der Waals surface area contributed by atoms with E-state index in [1.807, 2.05) is 0 Å². The zero-order chi connectivity index (χ0) is 21.4. The number of amides is 1. The Kier molecular flexibility index (Phi) is 7.91. The minimum Gasteiger partial charge on any atom is -0.497 e. The number of rotatable bonds is 8. The van der Waals surface area contributed by atoms with E-state index in [9.17, 15) is 9.59 Å². The van der Waals surface area contributed by atoms with Crippen LogP contribution in [0, 0.1) is 0 Å².